The van der Waals surface area contributed by atoms with E-state index in [-0.39, 0.29) is 23.0 Å². The third-order valence-corrected chi connectivity index (χ3v) is 6.00. The molecule has 3 nitrogen and oxygen atoms in total. The molecule has 0 aliphatic heterocycles. The number of phenols is 1. The zero-order valence-electron chi connectivity index (χ0n) is 19.3. The Morgan fingerprint density at radius 3 is 2.24 bits per heavy atom. The number of terminal acetylenes is 1. The van der Waals surface area contributed by atoms with Crippen LogP contribution in [0.25, 0.3) is 20.9 Å². The zero-order chi connectivity index (χ0) is 24.9. The van der Waals surface area contributed by atoms with Gasteiger partial charge in [-0.1, -0.05) is 45.7 Å². The van der Waals surface area contributed by atoms with Crippen LogP contribution in [0.2, 0.25) is 0 Å². The molecule has 4 rings (SSSR count). The van der Waals surface area contributed by atoms with Crippen LogP contribution in [0.5, 0.6) is 5.75 Å². The fourth-order valence-electron chi connectivity index (χ4n) is 3.58. The van der Waals surface area contributed by atoms with E-state index in [1.54, 1.807) is 31.2 Å². The molecule has 3 aromatic carbocycles. The van der Waals surface area contributed by atoms with Gasteiger partial charge in [-0.2, -0.15) is 5.26 Å². The van der Waals surface area contributed by atoms with E-state index in [1.165, 1.54) is 12.1 Å². The molecule has 170 valence electrons. The van der Waals surface area contributed by atoms with Crippen molar-refractivity contribution in [2.24, 2.45) is 0 Å². The van der Waals surface area contributed by atoms with E-state index in [0.29, 0.717) is 26.0 Å². The Labute approximate surface area is 197 Å². The molecule has 6 heteroatoms. The Morgan fingerprint density at radius 2 is 1.67 bits per heavy atom. The second-order valence-electron chi connectivity index (χ2n) is 7.38. The van der Waals surface area contributed by atoms with Gasteiger partial charge in [-0.25, -0.2) is 8.78 Å². The van der Waals surface area contributed by atoms with E-state index < -0.39 is 5.82 Å². The zero-order valence-corrected chi connectivity index (χ0v) is 20.1. The van der Waals surface area contributed by atoms with Gasteiger partial charge in [-0.15, -0.1) is 17.8 Å². The number of nitrogen functional groups attached to an aromatic ring is 1. The van der Waals surface area contributed by atoms with Gasteiger partial charge < -0.3 is 10.8 Å². The number of aryl methyl sites for hydroxylation is 1. The lowest BCUT2D eigenvalue weighted by Gasteiger charge is -2.07. The molecule has 0 fully saturated rings. The van der Waals surface area contributed by atoms with Crippen LogP contribution < -0.4 is 5.73 Å². The normalized spacial score (nSPS) is 10.1. The summed E-state index contributed by atoms with van der Waals surface area (Å²) in [5, 5.41) is 21.0. The summed E-state index contributed by atoms with van der Waals surface area (Å²) in [6.45, 7) is 9.83. The van der Waals surface area contributed by atoms with Gasteiger partial charge in [-0.05, 0) is 53.6 Å². The maximum absolute atomic E-state index is 13.6. The SMILES string of the molecule is C#Cc1c(F)ccc2cc(O)cc(C)c12.CC.CC(C)c1ccc(F)c2sc(N)c(C#N)c12. The highest BCUT2D eigenvalue weighted by Gasteiger charge is 2.17. The number of hydrogen-bond donors (Lipinski definition) is 2. The molecule has 1 heterocycles. The predicted octanol–water partition coefficient (Wildman–Crippen LogP) is 7.62. The van der Waals surface area contributed by atoms with Crippen LogP contribution >= 0.6 is 11.3 Å². The average Bonchev–Trinajstić information content (AvgIpc) is 3.12. The van der Waals surface area contributed by atoms with Crippen molar-refractivity contribution in [1.82, 2.24) is 0 Å². The number of fused-ring (bicyclic) bond motifs is 2. The number of benzene rings is 3. The van der Waals surface area contributed by atoms with Crippen molar-refractivity contribution in [2.45, 2.75) is 40.5 Å². The molecule has 0 unspecified atom stereocenters. The van der Waals surface area contributed by atoms with E-state index in [4.69, 9.17) is 17.4 Å². The average molecular weight is 465 g/mol. The minimum Gasteiger partial charge on any atom is -0.508 e. The Bertz CT molecular complexity index is 1390. The smallest absolute Gasteiger partial charge is 0.141 e. The predicted molar refractivity (Wildman–Crippen MR) is 135 cm³/mol. The van der Waals surface area contributed by atoms with E-state index >= 15 is 0 Å². The van der Waals surface area contributed by atoms with E-state index in [0.717, 1.165) is 27.8 Å². The summed E-state index contributed by atoms with van der Waals surface area (Å²) < 4.78 is 27.5. The van der Waals surface area contributed by atoms with Gasteiger partial charge in [0.2, 0.25) is 0 Å². The van der Waals surface area contributed by atoms with Gasteiger partial charge in [0.15, 0.2) is 0 Å². The van der Waals surface area contributed by atoms with Crippen molar-refractivity contribution in [3.63, 3.8) is 0 Å². The molecular weight excluding hydrogens is 438 g/mol. The highest BCUT2D eigenvalue weighted by atomic mass is 32.1. The van der Waals surface area contributed by atoms with Crippen LogP contribution in [0, 0.1) is 42.2 Å². The van der Waals surface area contributed by atoms with E-state index in [9.17, 15) is 13.9 Å². The van der Waals surface area contributed by atoms with Crippen molar-refractivity contribution in [3.8, 4) is 24.2 Å². The monoisotopic (exact) mass is 464 g/mol. The summed E-state index contributed by atoms with van der Waals surface area (Å²) in [7, 11) is 0. The van der Waals surface area contributed by atoms with Gasteiger partial charge in [0.1, 0.15) is 28.5 Å². The molecule has 0 saturated carbocycles. The number of hydrogen-bond acceptors (Lipinski definition) is 4. The molecule has 0 bridgehead atoms. The molecule has 0 amide bonds. The molecule has 0 saturated heterocycles. The summed E-state index contributed by atoms with van der Waals surface area (Å²) in [5.41, 5.74) is 8.14. The first kappa shape index (κ1) is 25.6. The molecule has 33 heavy (non-hydrogen) atoms. The molecular formula is C27H26F2N2OS. The first-order valence-electron chi connectivity index (χ1n) is 10.5. The van der Waals surface area contributed by atoms with Crippen LogP contribution in [0.1, 0.15) is 55.9 Å². The Balaban J connectivity index is 0.000000218. The van der Waals surface area contributed by atoms with Crippen molar-refractivity contribution in [2.75, 3.05) is 5.73 Å². The Kier molecular flexibility index (Phi) is 8.40. The van der Waals surface area contributed by atoms with Gasteiger partial charge in [0.25, 0.3) is 0 Å². The molecule has 0 spiro atoms. The largest absolute Gasteiger partial charge is 0.508 e. The Morgan fingerprint density at radius 1 is 1.03 bits per heavy atom. The molecule has 0 aliphatic carbocycles. The maximum atomic E-state index is 13.6. The Hall–Kier alpha value is -3.61. The lowest BCUT2D eigenvalue weighted by molar-refractivity contribution is 0.476. The standard InChI is InChI=1S/C13H9FO.C12H11FN2S.C2H6/c1-3-11-12(14)5-4-9-7-10(15)6-8(2)13(9)11;1-6(2)7-3-4-9(13)11-10(7)8(5-14)12(15)16-11;1-2/h1,4-7,15H,2H3;3-4,6H,15H2,1-2H3;1-2H3. The van der Waals surface area contributed by atoms with Crippen LogP contribution in [0.3, 0.4) is 0 Å². The molecule has 0 atom stereocenters. The second-order valence-corrected chi connectivity index (χ2v) is 8.43. The van der Waals surface area contributed by atoms with Crippen molar-refractivity contribution in [1.29, 1.82) is 5.26 Å². The van der Waals surface area contributed by atoms with Gasteiger partial charge in [0.05, 0.1) is 15.8 Å². The number of rotatable bonds is 1. The molecule has 1 aromatic heterocycles. The van der Waals surface area contributed by atoms with Crippen LogP contribution in [-0.2, 0) is 0 Å². The highest BCUT2D eigenvalue weighted by Crippen LogP contribution is 2.39. The van der Waals surface area contributed by atoms with Crippen LogP contribution in [-0.4, -0.2) is 5.11 Å². The fourth-order valence-corrected chi connectivity index (χ4v) is 4.54. The minimum atomic E-state index is -0.404. The number of anilines is 1. The molecule has 0 radical (unpaired) electrons. The number of nitrogens with two attached hydrogens (primary N) is 1. The van der Waals surface area contributed by atoms with Gasteiger partial charge >= 0.3 is 0 Å². The first-order chi connectivity index (χ1) is 15.7. The third-order valence-electron chi connectivity index (χ3n) is 4.98. The summed E-state index contributed by atoms with van der Waals surface area (Å²) in [5.74, 6) is 2.03. The molecule has 3 N–H and O–H groups in total. The summed E-state index contributed by atoms with van der Waals surface area (Å²) in [4.78, 5) is 0. The van der Waals surface area contributed by atoms with Crippen LogP contribution in [0.4, 0.5) is 13.8 Å². The highest BCUT2D eigenvalue weighted by molar-refractivity contribution is 7.23. The lowest BCUT2D eigenvalue weighted by atomic mass is 9.97. The summed E-state index contributed by atoms with van der Waals surface area (Å²) in [6, 6.07) is 11.3. The minimum absolute atomic E-state index is 0.162. The van der Waals surface area contributed by atoms with Crippen molar-refractivity contribution < 1.29 is 13.9 Å². The quantitative estimate of drug-likeness (QED) is 0.285. The second kappa shape index (κ2) is 10.8. The number of nitriles is 1. The number of phenolic OH excluding ortho intramolecular Hbond substituents is 1. The lowest BCUT2D eigenvalue weighted by Crippen LogP contribution is -1.91. The van der Waals surface area contributed by atoms with E-state index in [1.807, 2.05) is 27.7 Å². The van der Waals surface area contributed by atoms with Crippen molar-refractivity contribution >= 4 is 37.2 Å². The third kappa shape index (κ3) is 5.08. The summed E-state index contributed by atoms with van der Waals surface area (Å²) in [6.07, 6.45) is 5.27. The summed E-state index contributed by atoms with van der Waals surface area (Å²) >= 11 is 1.14. The van der Waals surface area contributed by atoms with Gasteiger partial charge in [0, 0.05) is 10.8 Å². The van der Waals surface area contributed by atoms with Crippen molar-refractivity contribution in [3.05, 3.63) is 70.3 Å². The number of nitrogens with zero attached hydrogens (tertiary/aromatic N) is 1. The fraction of sp³-hybridized carbons (Fsp3) is 0.222. The number of aromatic hydroxyl groups is 1. The van der Waals surface area contributed by atoms with Gasteiger partial charge in [-0.3, -0.25) is 0 Å². The number of halogens is 2. The van der Waals surface area contributed by atoms with E-state index in [2.05, 4.69) is 12.0 Å². The number of thiophene rings is 1. The van der Waals surface area contributed by atoms with Crippen LogP contribution in [0.15, 0.2) is 36.4 Å². The molecule has 0 aliphatic rings. The topological polar surface area (TPSA) is 70.0 Å². The molecule has 4 aromatic rings. The maximum Gasteiger partial charge on any atom is 0.141 e. The first-order valence-corrected chi connectivity index (χ1v) is 11.3.